The van der Waals surface area contributed by atoms with E-state index in [2.05, 4.69) is 10.1 Å². The molecule has 0 bridgehead atoms. The van der Waals surface area contributed by atoms with Crippen LogP contribution in [0.1, 0.15) is 44.2 Å². The maximum Gasteiger partial charge on any atom is 0.234 e. The van der Waals surface area contributed by atoms with Crippen molar-refractivity contribution in [2.75, 3.05) is 0 Å². The average Bonchev–Trinajstić information content (AvgIpc) is 3.02. The van der Waals surface area contributed by atoms with Crippen LogP contribution in [0.3, 0.4) is 0 Å². The Hall–Kier alpha value is -2.17. The van der Waals surface area contributed by atoms with Gasteiger partial charge in [-0.15, -0.1) is 0 Å². The molecule has 1 aromatic heterocycles. The van der Waals surface area contributed by atoms with Crippen LogP contribution < -0.4 is 4.74 Å². The number of aromatic nitrogens is 2. The summed E-state index contributed by atoms with van der Waals surface area (Å²) in [6, 6.07) is 7.87. The summed E-state index contributed by atoms with van der Waals surface area (Å²) in [6.07, 6.45) is 0.656. The summed E-state index contributed by atoms with van der Waals surface area (Å²) in [7, 11) is 0. The highest BCUT2D eigenvalue weighted by molar-refractivity contribution is 5.84. The molecule has 2 aromatic rings. The monoisotopic (exact) mass is 286 g/mol. The van der Waals surface area contributed by atoms with Gasteiger partial charge in [0, 0.05) is 11.8 Å². The number of para-hydroxylation sites is 1. The van der Waals surface area contributed by atoms with E-state index in [1.165, 1.54) is 0 Å². The minimum absolute atomic E-state index is 0.0772. The zero-order chi connectivity index (χ0) is 15.0. The molecule has 3 rings (SSSR count). The maximum absolute atomic E-state index is 12.0. The molecule has 0 aliphatic carbocycles. The fourth-order valence-electron chi connectivity index (χ4n) is 2.20. The third-order valence-electron chi connectivity index (χ3n) is 3.57. The smallest absolute Gasteiger partial charge is 0.234 e. The van der Waals surface area contributed by atoms with Gasteiger partial charge < -0.3 is 9.26 Å². The highest BCUT2D eigenvalue weighted by atomic mass is 16.5. The van der Waals surface area contributed by atoms with E-state index < -0.39 is 5.41 Å². The molecule has 0 N–H and O–H groups in total. The molecular weight excluding hydrogens is 268 g/mol. The number of nitrogens with zero attached hydrogens (tertiary/aromatic N) is 2. The van der Waals surface area contributed by atoms with Gasteiger partial charge in [0.25, 0.3) is 0 Å². The molecule has 0 radical (unpaired) electrons. The molecule has 1 aromatic carbocycles. The third-order valence-corrected chi connectivity index (χ3v) is 3.57. The lowest BCUT2D eigenvalue weighted by Gasteiger charge is -2.14. The summed E-state index contributed by atoms with van der Waals surface area (Å²) in [5.74, 6) is 1.79. The van der Waals surface area contributed by atoms with Gasteiger partial charge in [-0.1, -0.05) is 44.1 Å². The minimum atomic E-state index is -0.408. The molecule has 0 spiro atoms. The number of Topliss-reactive ketones (excluding diaryl/α,β-unsaturated/α-hetero) is 1. The number of benzene rings is 1. The van der Waals surface area contributed by atoms with Crippen molar-refractivity contribution in [2.24, 2.45) is 5.41 Å². The Bertz CT molecular complexity index is 645. The molecule has 2 heterocycles. The largest absolute Gasteiger partial charge is 0.482 e. The second-order valence-electron chi connectivity index (χ2n) is 6.31. The van der Waals surface area contributed by atoms with E-state index >= 15 is 0 Å². The van der Waals surface area contributed by atoms with Gasteiger partial charge in [0.2, 0.25) is 11.7 Å². The predicted molar refractivity (Wildman–Crippen MR) is 76.0 cm³/mol. The Morgan fingerprint density at radius 3 is 2.81 bits per heavy atom. The second-order valence-corrected chi connectivity index (χ2v) is 6.31. The standard InChI is InChI=1S/C16H18N2O3/c1-16(2,3)13(19)9-14-17-15(18-21-14)12-8-10-6-4-5-7-11(10)20-12/h4-7,12H,8-9H2,1-3H3. The Balaban J connectivity index is 1.71. The molecule has 5 nitrogen and oxygen atoms in total. The van der Waals surface area contributed by atoms with Gasteiger partial charge in [0.05, 0.1) is 6.42 Å². The number of ether oxygens (including phenoxy) is 1. The van der Waals surface area contributed by atoms with Crippen molar-refractivity contribution >= 4 is 5.78 Å². The van der Waals surface area contributed by atoms with Gasteiger partial charge in [-0.2, -0.15) is 4.98 Å². The van der Waals surface area contributed by atoms with Crippen LogP contribution in [-0.2, 0) is 17.6 Å². The Morgan fingerprint density at radius 2 is 2.10 bits per heavy atom. The van der Waals surface area contributed by atoms with Gasteiger partial charge in [-0.25, -0.2) is 0 Å². The quantitative estimate of drug-likeness (QED) is 0.868. The van der Waals surface area contributed by atoms with E-state index in [-0.39, 0.29) is 18.3 Å². The topological polar surface area (TPSA) is 65.2 Å². The third kappa shape index (κ3) is 2.82. The minimum Gasteiger partial charge on any atom is -0.482 e. The van der Waals surface area contributed by atoms with Gasteiger partial charge >= 0.3 is 0 Å². The van der Waals surface area contributed by atoms with E-state index in [4.69, 9.17) is 9.26 Å². The molecule has 1 aliphatic heterocycles. The van der Waals surface area contributed by atoms with Gasteiger partial charge in [-0.3, -0.25) is 4.79 Å². The van der Waals surface area contributed by atoms with Gasteiger partial charge in [-0.05, 0) is 11.6 Å². The van der Waals surface area contributed by atoms with Gasteiger partial charge in [0.1, 0.15) is 11.5 Å². The summed E-state index contributed by atoms with van der Waals surface area (Å²) in [6.45, 7) is 5.63. The Morgan fingerprint density at radius 1 is 1.33 bits per heavy atom. The predicted octanol–water partition coefficient (Wildman–Crippen LogP) is 2.90. The first-order chi connectivity index (χ1) is 9.93. The summed E-state index contributed by atoms with van der Waals surface area (Å²) in [4.78, 5) is 16.3. The number of carbonyl (C=O) groups excluding carboxylic acids is 1. The van der Waals surface area contributed by atoms with Crippen molar-refractivity contribution in [1.29, 1.82) is 0 Å². The zero-order valence-corrected chi connectivity index (χ0v) is 12.4. The highest BCUT2D eigenvalue weighted by Crippen LogP contribution is 2.35. The molecule has 110 valence electrons. The average molecular weight is 286 g/mol. The number of carbonyl (C=O) groups is 1. The van der Waals surface area contributed by atoms with E-state index in [0.29, 0.717) is 11.7 Å². The summed E-state index contributed by atoms with van der Waals surface area (Å²) in [5.41, 5.74) is 0.731. The van der Waals surface area contributed by atoms with Crippen LogP contribution in [0.5, 0.6) is 5.75 Å². The zero-order valence-electron chi connectivity index (χ0n) is 12.4. The molecule has 0 saturated heterocycles. The van der Waals surface area contributed by atoms with Crippen LogP contribution in [-0.4, -0.2) is 15.9 Å². The highest BCUT2D eigenvalue weighted by Gasteiger charge is 2.29. The lowest BCUT2D eigenvalue weighted by Crippen LogP contribution is -2.22. The van der Waals surface area contributed by atoms with Crippen molar-refractivity contribution in [3.63, 3.8) is 0 Å². The van der Waals surface area contributed by atoms with Crippen molar-refractivity contribution in [3.8, 4) is 5.75 Å². The molecule has 0 fully saturated rings. The molecule has 0 saturated carbocycles. The first-order valence-corrected chi connectivity index (χ1v) is 7.04. The first-order valence-electron chi connectivity index (χ1n) is 7.04. The maximum atomic E-state index is 12.0. The molecular formula is C16H18N2O3. The molecule has 1 aliphatic rings. The fourth-order valence-corrected chi connectivity index (χ4v) is 2.20. The summed E-state index contributed by atoms with van der Waals surface area (Å²) in [5, 5.41) is 3.95. The number of hydrogen-bond acceptors (Lipinski definition) is 5. The molecule has 1 atom stereocenters. The number of hydrogen-bond donors (Lipinski definition) is 0. The van der Waals surface area contributed by atoms with Crippen molar-refractivity contribution in [1.82, 2.24) is 10.1 Å². The van der Waals surface area contributed by atoms with E-state index in [1.54, 1.807) is 0 Å². The van der Waals surface area contributed by atoms with Crippen LogP contribution >= 0.6 is 0 Å². The second kappa shape index (κ2) is 4.98. The van der Waals surface area contributed by atoms with Crippen LogP contribution in [0.25, 0.3) is 0 Å². The lowest BCUT2D eigenvalue weighted by atomic mass is 9.89. The van der Waals surface area contributed by atoms with Crippen molar-refractivity contribution in [3.05, 3.63) is 41.5 Å². The first kappa shape index (κ1) is 13.8. The fraction of sp³-hybridized carbons (Fsp3) is 0.438. The molecule has 1 unspecified atom stereocenters. The number of ketones is 1. The van der Waals surface area contributed by atoms with E-state index in [0.717, 1.165) is 17.7 Å². The van der Waals surface area contributed by atoms with Crippen molar-refractivity contribution in [2.45, 2.75) is 39.7 Å². The van der Waals surface area contributed by atoms with Crippen LogP contribution in [0.15, 0.2) is 28.8 Å². The van der Waals surface area contributed by atoms with Crippen LogP contribution in [0, 0.1) is 5.41 Å². The van der Waals surface area contributed by atoms with Gasteiger partial charge in [0.15, 0.2) is 6.10 Å². The number of rotatable bonds is 3. The van der Waals surface area contributed by atoms with E-state index in [1.807, 2.05) is 45.0 Å². The summed E-state index contributed by atoms with van der Waals surface area (Å²) < 4.78 is 11.0. The summed E-state index contributed by atoms with van der Waals surface area (Å²) >= 11 is 0. The van der Waals surface area contributed by atoms with Crippen molar-refractivity contribution < 1.29 is 14.1 Å². The van der Waals surface area contributed by atoms with Crippen LogP contribution in [0.2, 0.25) is 0 Å². The number of fused-ring (bicyclic) bond motifs is 1. The molecule has 5 heteroatoms. The Labute approximate surface area is 123 Å². The van der Waals surface area contributed by atoms with Crippen LogP contribution in [0.4, 0.5) is 0 Å². The molecule has 0 amide bonds. The lowest BCUT2D eigenvalue weighted by molar-refractivity contribution is -0.125. The Kier molecular flexibility index (Phi) is 3.27. The SMILES string of the molecule is CC(C)(C)C(=O)Cc1nc(C2Cc3ccccc3O2)no1. The molecule has 21 heavy (non-hydrogen) atoms. The normalized spacial score (nSPS) is 17.4. The van der Waals surface area contributed by atoms with E-state index in [9.17, 15) is 4.79 Å².